The standard InChI is InChI=1S/C7H6O2.C5H6O4/c8-7(9)6-4-2-1-3-5-6;1-3(5(8)9)2-4(6)7/h1-5H,(H,8,9);1-2H2,(H,6,7)(H,8,9). The Morgan fingerprint density at radius 2 is 1.50 bits per heavy atom. The molecule has 0 atom stereocenters. The smallest absolute Gasteiger partial charge is 0.335 e. The minimum atomic E-state index is -1.27. The average Bonchev–Trinajstić information content (AvgIpc) is 2.30. The van der Waals surface area contributed by atoms with E-state index in [0.29, 0.717) is 5.56 Å². The molecule has 0 amide bonds. The van der Waals surface area contributed by atoms with Gasteiger partial charge >= 0.3 is 17.9 Å². The molecule has 0 aromatic heterocycles. The number of aromatic carboxylic acids is 1. The lowest BCUT2D eigenvalue weighted by Gasteiger charge is -1.91. The van der Waals surface area contributed by atoms with Gasteiger partial charge in [-0.3, -0.25) is 4.79 Å². The third-order valence-electron chi connectivity index (χ3n) is 1.69. The van der Waals surface area contributed by atoms with Gasteiger partial charge in [-0.1, -0.05) is 24.8 Å². The summed E-state index contributed by atoms with van der Waals surface area (Å²) >= 11 is 0. The van der Waals surface area contributed by atoms with Crippen LogP contribution in [0.15, 0.2) is 42.5 Å². The van der Waals surface area contributed by atoms with Crippen molar-refractivity contribution in [1.29, 1.82) is 0 Å². The predicted molar refractivity (Wildman–Crippen MR) is 62.4 cm³/mol. The van der Waals surface area contributed by atoms with Gasteiger partial charge in [0.05, 0.1) is 12.0 Å². The van der Waals surface area contributed by atoms with Crippen LogP contribution in [0.25, 0.3) is 0 Å². The Bertz CT molecular complexity index is 449. The van der Waals surface area contributed by atoms with Crippen LogP contribution in [0.3, 0.4) is 0 Å². The molecule has 0 bridgehead atoms. The van der Waals surface area contributed by atoms with Crippen molar-refractivity contribution < 1.29 is 29.7 Å². The molecule has 0 spiro atoms. The maximum Gasteiger partial charge on any atom is 0.335 e. The Balaban J connectivity index is 0.000000321. The predicted octanol–water partition coefficient (Wildman–Crippen LogP) is 1.49. The Morgan fingerprint density at radius 3 is 1.72 bits per heavy atom. The van der Waals surface area contributed by atoms with Gasteiger partial charge in [0.2, 0.25) is 0 Å². The molecular formula is C12H12O6. The fourth-order valence-corrected chi connectivity index (χ4v) is 0.839. The van der Waals surface area contributed by atoms with E-state index in [1.54, 1.807) is 30.3 Å². The maximum atomic E-state index is 10.2. The lowest BCUT2D eigenvalue weighted by atomic mass is 10.2. The van der Waals surface area contributed by atoms with Crippen molar-refractivity contribution >= 4 is 17.9 Å². The first-order chi connectivity index (χ1) is 8.34. The van der Waals surface area contributed by atoms with Crippen molar-refractivity contribution in [2.24, 2.45) is 0 Å². The molecule has 96 valence electrons. The monoisotopic (exact) mass is 252 g/mol. The third kappa shape index (κ3) is 6.78. The van der Waals surface area contributed by atoms with Crippen LogP contribution >= 0.6 is 0 Å². The van der Waals surface area contributed by atoms with Crippen LogP contribution in [0, 0.1) is 0 Å². The second kappa shape index (κ2) is 7.61. The molecule has 0 aliphatic carbocycles. The number of aliphatic carboxylic acids is 2. The zero-order chi connectivity index (χ0) is 14.1. The van der Waals surface area contributed by atoms with Crippen LogP contribution in [0.1, 0.15) is 16.8 Å². The highest BCUT2D eigenvalue weighted by Crippen LogP contribution is 1.96. The van der Waals surface area contributed by atoms with Gasteiger partial charge in [-0.25, -0.2) is 9.59 Å². The number of hydrogen-bond acceptors (Lipinski definition) is 3. The molecule has 0 aliphatic rings. The van der Waals surface area contributed by atoms with Gasteiger partial charge < -0.3 is 15.3 Å². The van der Waals surface area contributed by atoms with E-state index in [1.807, 2.05) is 0 Å². The van der Waals surface area contributed by atoms with Crippen molar-refractivity contribution in [1.82, 2.24) is 0 Å². The molecule has 3 N–H and O–H groups in total. The van der Waals surface area contributed by atoms with Gasteiger partial charge in [-0.2, -0.15) is 0 Å². The van der Waals surface area contributed by atoms with Crippen LogP contribution in [0.4, 0.5) is 0 Å². The van der Waals surface area contributed by atoms with Crippen molar-refractivity contribution in [2.75, 3.05) is 0 Å². The SMILES string of the molecule is C=C(CC(=O)O)C(=O)O.O=C(O)c1ccccc1. The molecule has 0 unspecified atom stereocenters. The highest BCUT2D eigenvalue weighted by molar-refractivity contribution is 5.91. The van der Waals surface area contributed by atoms with Gasteiger partial charge in [0.15, 0.2) is 0 Å². The number of carboxylic acids is 3. The molecule has 1 aromatic carbocycles. The van der Waals surface area contributed by atoms with Gasteiger partial charge in [0.1, 0.15) is 0 Å². The molecule has 0 fully saturated rings. The molecule has 6 heteroatoms. The van der Waals surface area contributed by atoms with Crippen molar-refractivity contribution in [3.8, 4) is 0 Å². The Morgan fingerprint density at radius 1 is 1.00 bits per heavy atom. The Labute approximate surface area is 103 Å². The summed E-state index contributed by atoms with van der Waals surface area (Å²) in [7, 11) is 0. The van der Waals surface area contributed by atoms with E-state index in [4.69, 9.17) is 15.3 Å². The number of rotatable bonds is 4. The first-order valence-electron chi connectivity index (χ1n) is 4.75. The molecule has 1 rings (SSSR count). The van der Waals surface area contributed by atoms with E-state index in [-0.39, 0.29) is 5.57 Å². The topological polar surface area (TPSA) is 112 Å². The minimum absolute atomic E-state index is 0.303. The van der Waals surface area contributed by atoms with E-state index < -0.39 is 24.3 Å². The molecule has 0 radical (unpaired) electrons. The zero-order valence-corrected chi connectivity index (χ0v) is 9.37. The first kappa shape index (κ1) is 15.4. The quantitative estimate of drug-likeness (QED) is 0.700. The summed E-state index contributed by atoms with van der Waals surface area (Å²) in [6.45, 7) is 3.01. The van der Waals surface area contributed by atoms with Crippen molar-refractivity contribution in [3.05, 3.63) is 48.0 Å². The summed E-state index contributed by atoms with van der Waals surface area (Å²) in [6.07, 6.45) is -0.505. The zero-order valence-electron chi connectivity index (χ0n) is 9.37. The molecule has 0 saturated carbocycles. The van der Waals surface area contributed by atoms with Gasteiger partial charge in [0.25, 0.3) is 0 Å². The maximum absolute atomic E-state index is 10.2. The molecule has 18 heavy (non-hydrogen) atoms. The van der Waals surface area contributed by atoms with E-state index >= 15 is 0 Å². The van der Waals surface area contributed by atoms with E-state index in [2.05, 4.69) is 6.58 Å². The molecule has 6 nitrogen and oxygen atoms in total. The van der Waals surface area contributed by atoms with Crippen LogP contribution < -0.4 is 0 Å². The van der Waals surface area contributed by atoms with Gasteiger partial charge in [-0.15, -0.1) is 0 Å². The fraction of sp³-hybridized carbons (Fsp3) is 0.0833. The summed E-state index contributed by atoms with van der Waals surface area (Å²) in [5.41, 5.74) is 0.0278. The number of benzene rings is 1. The van der Waals surface area contributed by atoms with Crippen molar-refractivity contribution in [2.45, 2.75) is 6.42 Å². The summed E-state index contributed by atoms with van der Waals surface area (Å²) in [4.78, 5) is 29.9. The molecular weight excluding hydrogens is 240 g/mol. The Hall–Kier alpha value is -2.63. The van der Waals surface area contributed by atoms with Crippen LogP contribution in [-0.2, 0) is 9.59 Å². The van der Waals surface area contributed by atoms with Gasteiger partial charge in [-0.05, 0) is 12.1 Å². The summed E-state index contributed by atoms with van der Waals surface area (Å²) in [5.74, 6) is -3.32. The van der Waals surface area contributed by atoms with Gasteiger partial charge in [0, 0.05) is 5.57 Å². The number of carbonyl (C=O) groups is 3. The molecule has 0 aliphatic heterocycles. The normalized spacial score (nSPS) is 8.67. The van der Waals surface area contributed by atoms with Crippen LogP contribution in [0.2, 0.25) is 0 Å². The number of carboxylic acid groups (broad SMARTS) is 3. The molecule has 1 aromatic rings. The van der Waals surface area contributed by atoms with Crippen LogP contribution in [0.5, 0.6) is 0 Å². The summed E-state index contributed by atoms with van der Waals surface area (Å²) in [5, 5.41) is 24.5. The van der Waals surface area contributed by atoms with E-state index in [9.17, 15) is 14.4 Å². The van der Waals surface area contributed by atoms with Crippen LogP contribution in [-0.4, -0.2) is 33.2 Å². The largest absolute Gasteiger partial charge is 0.481 e. The number of hydrogen-bond donors (Lipinski definition) is 3. The second-order valence-electron chi connectivity index (χ2n) is 3.15. The third-order valence-corrected chi connectivity index (χ3v) is 1.69. The highest BCUT2D eigenvalue weighted by Gasteiger charge is 2.07. The fourth-order valence-electron chi connectivity index (χ4n) is 0.839. The first-order valence-corrected chi connectivity index (χ1v) is 4.75. The highest BCUT2D eigenvalue weighted by atomic mass is 16.4. The average molecular weight is 252 g/mol. The summed E-state index contributed by atoms with van der Waals surface area (Å²) in [6, 6.07) is 8.30. The van der Waals surface area contributed by atoms with E-state index in [0.717, 1.165) is 0 Å². The summed E-state index contributed by atoms with van der Waals surface area (Å²) < 4.78 is 0. The minimum Gasteiger partial charge on any atom is -0.481 e. The molecule has 0 saturated heterocycles. The van der Waals surface area contributed by atoms with Crippen molar-refractivity contribution in [3.63, 3.8) is 0 Å². The second-order valence-corrected chi connectivity index (χ2v) is 3.15. The lowest BCUT2D eigenvalue weighted by Crippen LogP contribution is -2.04. The Kier molecular flexibility index (Phi) is 6.50. The van der Waals surface area contributed by atoms with E-state index in [1.165, 1.54) is 0 Å². The lowest BCUT2D eigenvalue weighted by molar-refractivity contribution is -0.139. The molecule has 0 heterocycles.